The number of hydrogen-bond acceptors (Lipinski definition) is 15. The van der Waals surface area contributed by atoms with Crippen LogP contribution in [-0.2, 0) is 38.0 Å². The molecule has 0 saturated carbocycles. The van der Waals surface area contributed by atoms with Crippen LogP contribution in [0.25, 0.3) is 0 Å². The first-order chi connectivity index (χ1) is 34.5. The van der Waals surface area contributed by atoms with Crippen LogP contribution in [0.5, 0.6) is 0 Å². The molecule has 2 aliphatic rings. The largest absolute Gasteiger partial charge is 0.462 e. The summed E-state index contributed by atoms with van der Waals surface area (Å²) in [5.74, 6) is -0.915. The predicted molar refractivity (Wildman–Crippen MR) is 275 cm³/mol. The lowest BCUT2D eigenvalue weighted by Crippen LogP contribution is -2.61. The fraction of sp³-hybridized carbons (Fsp3) is 0.929. The molecule has 2 saturated heterocycles. The van der Waals surface area contributed by atoms with E-state index in [1.807, 2.05) is 0 Å². The molecule has 2 fully saturated rings. The molecule has 0 bridgehead atoms. The van der Waals surface area contributed by atoms with E-state index in [2.05, 4.69) is 26.0 Å². The zero-order valence-corrected chi connectivity index (χ0v) is 44.5. The number of allylic oxidation sites excluding steroid dienone is 2. The molecule has 15 nitrogen and oxygen atoms in total. The zero-order chi connectivity index (χ0) is 51.7. The second kappa shape index (κ2) is 43.5. The first-order valence-corrected chi connectivity index (χ1v) is 28.8. The van der Waals surface area contributed by atoms with Crippen LogP contribution < -0.4 is 0 Å². The normalized spacial score (nSPS) is 25.2. The molecule has 0 aromatic heterocycles. The Labute approximate surface area is 429 Å². The van der Waals surface area contributed by atoms with Crippen molar-refractivity contribution in [1.29, 1.82) is 0 Å². The van der Waals surface area contributed by atoms with Gasteiger partial charge in [0.05, 0.1) is 19.8 Å². The molecule has 418 valence electrons. The Kier molecular flexibility index (Phi) is 40.0. The highest BCUT2D eigenvalue weighted by molar-refractivity contribution is 5.70. The van der Waals surface area contributed by atoms with Crippen molar-refractivity contribution in [2.75, 3.05) is 26.4 Å². The molecule has 0 radical (unpaired) electrons. The Morgan fingerprint density at radius 3 is 1.25 bits per heavy atom. The van der Waals surface area contributed by atoms with Crippen LogP contribution in [0, 0.1) is 0 Å². The average Bonchev–Trinajstić information content (AvgIpc) is 3.36. The Morgan fingerprint density at radius 1 is 0.437 bits per heavy atom. The number of ether oxygens (including phenoxy) is 6. The lowest BCUT2D eigenvalue weighted by Gasteiger charge is -2.42. The molecule has 2 rings (SSSR count). The molecule has 0 aromatic carbocycles. The van der Waals surface area contributed by atoms with E-state index in [0.29, 0.717) is 12.8 Å². The van der Waals surface area contributed by atoms with Gasteiger partial charge in [-0.25, -0.2) is 0 Å². The molecule has 71 heavy (non-hydrogen) atoms. The summed E-state index contributed by atoms with van der Waals surface area (Å²) in [4.78, 5) is 25.9. The first-order valence-electron chi connectivity index (χ1n) is 28.8. The summed E-state index contributed by atoms with van der Waals surface area (Å²) >= 11 is 0. The SMILES string of the molecule is CCCCCC/C=C/CCCCCCCCCC(=O)O[C@@H](COC(=O)CCCCCCCCCCCCCCCCCCCCCC)CO[C@@H]1O[C@H](CO[C@@H]2O[C@H](CO)[C@H](O)C(O)C2O)[C@H](O)C(O)C1O. The fourth-order valence-corrected chi connectivity index (χ4v) is 9.27. The van der Waals surface area contributed by atoms with Gasteiger partial charge in [0.15, 0.2) is 18.7 Å². The van der Waals surface area contributed by atoms with Gasteiger partial charge in [0.25, 0.3) is 0 Å². The van der Waals surface area contributed by atoms with Gasteiger partial charge in [-0.05, 0) is 38.5 Å². The van der Waals surface area contributed by atoms with Crippen LogP contribution in [-0.4, -0.2) is 142 Å². The van der Waals surface area contributed by atoms with E-state index in [-0.39, 0.29) is 26.1 Å². The molecule has 7 N–H and O–H groups in total. The first kappa shape index (κ1) is 65.4. The molecular formula is C56H104O15. The Morgan fingerprint density at radius 2 is 0.803 bits per heavy atom. The number of aliphatic hydroxyl groups excluding tert-OH is 7. The van der Waals surface area contributed by atoms with Crippen molar-refractivity contribution < 1.29 is 73.8 Å². The van der Waals surface area contributed by atoms with Crippen molar-refractivity contribution >= 4 is 11.9 Å². The molecule has 0 amide bonds. The molecule has 0 aliphatic carbocycles. The average molecular weight is 1020 g/mol. The molecular weight excluding hydrogens is 913 g/mol. The van der Waals surface area contributed by atoms with Crippen LogP contribution in [0.1, 0.15) is 239 Å². The third kappa shape index (κ3) is 31.0. The minimum Gasteiger partial charge on any atom is -0.462 e. The number of aliphatic hydroxyl groups is 7. The number of esters is 2. The molecule has 4 unspecified atom stereocenters. The van der Waals surface area contributed by atoms with Crippen LogP contribution in [0.2, 0.25) is 0 Å². The highest BCUT2D eigenvalue weighted by Gasteiger charge is 2.47. The molecule has 0 spiro atoms. The van der Waals surface area contributed by atoms with Gasteiger partial charge in [0.1, 0.15) is 55.4 Å². The van der Waals surface area contributed by atoms with Gasteiger partial charge in [0.2, 0.25) is 0 Å². The summed E-state index contributed by atoms with van der Waals surface area (Å²) in [5, 5.41) is 72.2. The van der Waals surface area contributed by atoms with Gasteiger partial charge >= 0.3 is 11.9 Å². The second-order valence-electron chi connectivity index (χ2n) is 20.5. The van der Waals surface area contributed by atoms with Crippen LogP contribution in [0.15, 0.2) is 12.2 Å². The second-order valence-corrected chi connectivity index (χ2v) is 20.5. The highest BCUT2D eigenvalue weighted by Crippen LogP contribution is 2.27. The van der Waals surface area contributed by atoms with Crippen molar-refractivity contribution in [2.45, 2.75) is 306 Å². The molecule has 15 heteroatoms. The molecule has 2 heterocycles. The third-order valence-corrected chi connectivity index (χ3v) is 14.0. The van der Waals surface area contributed by atoms with Crippen molar-refractivity contribution in [3.63, 3.8) is 0 Å². The van der Waals surface area contributed by atoms with Crippen molar-refractivity contribution in [1.82, 2.24) is 0 Å². The summed E-state index contributed by atoms with van der Waals surface area (Å²) in [6, 6.07) is 0. The topological polar surface area (TPSA) is 231 Å². The number of rotatable bonds is 46. The van der Waals surface area contributed by atoms with E-state index in [1.54, 1.807) is 0 Å². The zero-order valence-electron chi connectivity index (χ0n) is 44.5. The summed E-state index contributed by atoms with van der Waals surface area (Å²) in [6.07, 6.45) is 28.0. The van der Waals surface area contributed by atoms with E-state index in [0.717, 1.165) is 51.4 Å². The quantitative estimate of drug-likeness (QED) is 0.0171. The van der Waals surface area contributed by atoms with Gasteiger partial charge in [-0.3, -0.25) is 9.59 Å². The van der Waals surface area contributed by atoms with Gasteiger partial charge in [-0.2, -0.15) is 0 Å². The lowest BCUT2D eigenvalue weighted by atomic mass is 9.98. The van der Waals surface area contributed by atoms with E-state index in [1.165, 1.54) is 148 Å². The minimum atomic E-state index is -1.76. The Hall–Kier alpha value is -1.76. The standard InChI is InChI=1S/C56H104O15/c1-3-5-7-9-11-13-15-17-19-20-21-22-23-25-26-28-30-32-34-36-38-47(58)66-41-44(69-48(59)39-37-35-33-31-29-27-24-18-16-14-12-10-8-6-4-2)42-67-55-54(65)52(63)50(61)46(71-55)43-68-56-53(64)51(62)49(60)45(40-57)70-56/h14,16,44-46,49-57,60-65H,3-13,15,17-43H2,1-2H3/b16-14+/t44-,45+,46+,49-,50-,51?,52?,53?,54?,55+,56+/m0/s1. The number of carbonyl (C=O) groups is 2. The van der Waals surface area contributed by atoms with Crippen LogP contribution >= 0.6 is 0 Å². The predicted octanol–water partition coefficient (Wildman–Crippen LogP) is 9.33. The molecule has 11 atom stereocenters. The lowest BCUT2D eigenvalue weighted by molar-refractivity contribution is -0.332. The van der Waals surface area contributed by atoms with E-state index in [4.69, 9.17) is 28.4 Å². The van der Waals surface area contributed by atoms with Crippen molar-refractivity contribution in [2.24, 2.45) is 0 Å². The van der Waals surface area contributed by atoms with E-state index < -0.39 is 92.7 Å². The summed E-state index contributed by atoms with van der Waals surface area (Å²) < 4.78 is 33.7. The fourth-order valence-electron chi connectivity index (χ4n) is 9.27. The maximum absolute atomic E-state index is 13.0. The highest BCUT2D eigenvalue weighted by atomic mass is 16.7. The maximum atomic E-state index is 13.0. The summed E-state index contributed by atoms with van der Waals surface area (Å²) in [6.45, 7) is 2.62. The Balaban J connectivity index is 1.74. The minimum absolute atomic E-state index is 0.164. The summed E-state index contributed by atoms with van der Waals surface area (Å²) in [7, 11) is 0. The van der Waals surface area contributed by atoms with E-state index >= 15 is 0 Å². The maximum Gasteiger partial charge on any atom is 0.306 e. The Bertz CT molecular complexity index is 1290. The number of carbonyl (C=O) groups excluding carboxylic acids is 2. The van der Waals surface area contributed by atoms with Crippen LogP contribution in [0.3, 0.4) is 0 Å². The van der Waals surface area contributed by atoms with Crippen LogP contribution in [0.4, 0.5) is 0 Å². The van der Waals surface area contributed by atoms with Gasteiger partial charge in [-0.1, -0.05) is 199 Å². The van der Waals surface area contributed by atoms with Gasteiger partial charge in [0, 0.05) is 12.8 Å². The third-order valence-electron chi connectivity index (χ3n) is 14.0. The van der Waals surface area contributed by atoms with Crippen molar-refractivity contribution in [3.8, 4) is 0 Å². The number of hydrogen-bond donors (Lipinski definition) is 7. The molecule has 2 aliphatic heterocycles. The molecule has 0 aromatic rings. The smallest absolute Gasteiger partial charge is 0.306 e. The summed E-state index contributed by atoms with van der Waals surface area (Å²) in [5.41, 5.74) is 0. The van der Waals surface area contributed by atoms with Gasteiger partial charge in [-0.15, -0.1) is 0 Å². The van der Waals surface area contributed by atoms with E-state index in [9.17, 15) is 45.3 Å². The number of unbranched alkanes of at least 4 members (excludes halogenated alkanes) is 30. The van der Waals surface area contributed by atoms with Crippen molar-refractivity contribution in [3.05, 3.63) is 12.2 Å². The monoisotopic (exact) mass is 1020 g/mol. The van der Waals surface area contributed by atoms with Gasteiger partial charge < -0.3 is 64.2 Å².